The summed E-state index contributed by atoms with van der Waals surface area (Å²) >= 11 is 5.29. The number of benzene rings is 1. The van der Waals surface area contributed by atoms with Gasteiger partial charge in [0.25, 0.3) is 6.43 Å². The van der Waals surface area contributed by atoms with Crippen LogP contribution in [0.4, 0.5) is 17.6 Å². The van der Waals surface area contributed by atoms with Gasteiger partial charge in [0.05, 0.1) is 11.1 Å². The first-order valence-corrected chi connectivity index (χ1v) is 4.46. The lowest BCUT2D eigenvalue weighted by Crippen LogP contribution is -2.31. The molecule has 1 aromatic carbocycles. The number of hydrogen-bond donors (Lipinski definition) is 1. The summed E-state index contributed by atoms with van der Waals surface area (Å²) in [6, 6.07) is 0.00435. The molecule has 2 N–H and O–H groups in total. The average molecular weight is 242 g/mol. The van der Waals surface area contributed by atoms with Crippen molar-refractivity contribution in [2.24, 2.45) is 5.73 Å². The summed E-state index contributed by atoms with van der Waals surface area (Å²) in [6.07, 6.45) is -3.21. The van der Waals surface area contributed by atoms with Gasteiger partial charge in [-0.2, -0.15) is 0 Å². The lowest BCUT2D eigenvalue weighted by molar-refractivity contribution is 0.115. The fraction of sp³-hybridized carbons (Fsp3) is 0.333. The van der Waals surface area contributed by atoms with Crippen LogP contribution in [0.15, 0.2) is 12.1 Å². The minimum atomic E-state index is -2.77. The van der Waals surface area contributed by atoms with Gasteiger partial charge in [-0.3, -0.25) is 0 Å². The van der Waals surface area contributed by atoms with E-state index in [4.69, 9.17) is 17.3 Å². The van der Waals surface area contributed by atoms with Gasteiger partial charge in [0.2, 0.25) is 0 Å². The standard InChI is InChI=1S/C9H8ClF4N/c10-5-3-6(11)4(1-7(5)12)2-8(15)9(13)14/h1,3,8-9H,2,15H2. The van der Waals surface area contributed by atoms with Gasteiger partial charge in [-0.25, -0.2) is 17.6 Å². The van der Waals surface area contributed by atoms with E-state index in [0.717, 1.165) is 12.1 Å². The first kappa shape index (κ1) is 12.3. The third-order valence-electron chi connectivity index (χ3n) is 1.87. The van der Waals surface area contributed by atoms with E-state index in [9.17, 15) is 17.6 Å². The Morgan fingerprint density at radius 2 is 1.80 bits per heavy atom. The van der Waals surface area contributed by atoms with Gasteiger partial charge < -0.3 is 5.73 Å². The summed E-state index contributed by atoms with van der Waals surface area (Å²) in [7, 11) is 0. The predicted molar refractivity (Wildman–Crippen MR) is 49.1 cm³/mol. The molecule has 84 valence electrons. The highest BCUT2D eigenvalue weighted by Gasteiger charge is 2.18. The van der Waals surface area contributed by atoms with E-state index in [0.29, 0.717) is 0 Å². The fourth-order valence-corrected chi connectivity index (χ4v) is 1.21. The van der Waals surface area contributed by atoms with Crippen molar-refractivity contribution < 1.29 is 17.6 Å². The summed E-state index contributed by atoms with van der Waals surface area (Å²) < 4.78 is 50.1. The Kier molecular flexibility index (Phi) is 3.93. The molecular formula is C9H8ClF4N. The van der Waals surface area contributed by atoms with Gasteiger partial charge in [-0.05, 0) is 24.1 Å². The Labute approximate surface area is 88.8 Å². The Bertz CT molecular complexity index is 356. The zero-order chi connectivity index (χ0) is 11.6. The molecule has 0 saturated carbocycles. The van der Waals surface area contributed by atoms with Crippen molar-refractivity contribution in [2.75, 3.05) is 0 Å². The maximum atomic E-state index is 13.1. The molecule has 0 aliphatic heterocycles. The SMILES string of the molecule is NC(Cc1cc(F)c(Cl)cc1F)C(F)F. The summed E-state index contributed by atoms with van der Waals surface area (Å²) in [6.45, 7) is 0. The zero-order valence-electron chi connectivity index (χ0n) is 7.48. The van der Waals surface area contributed by atoms with Crippen molar-refractivity contribution in [3.63, 3.8) is 0 Å². The minimum absolute atomic E-state index is 0.204. The van der Waals surface area contributed by atoms with E-state index in [1.807, 2.05) is 0 Å². The van der Waals surface area contributed by atoms with Crippen LogP contribution in [0.5, 0.6) is 0 Å². The third-order valence-corrected chi connectivity index (χ3v) is 2.16. The minimum Gasteiger partial charge on any atom is -0.323 e. The second-order valence-corrected chi connectivity index (χ2v) is 3.47. The molecule has 1 aromatic rings. The molecule has 0 fully saturated rings. The Balaban J connectivity index is 2.91. The van der Waals surface area contributed by atoms with Crippen molar-refractivity contribution in [1.29, 1.82) is 0 Å². The van der Waals surface area contributed by atoms with E-state index < -0.39 is 30.5 Å². The molecule has 0 aliphatic carbocycles. The topological polar surface area (TPSA) is 26.0 Å². The second kappa shape index (κ2) is 4.81. The van der Waals surface area contributed by atoms with Gasteiger partial charge in [0, 0.05) is 0 Å². The summed E-state index contributed by atoms with van der Waals surface area (Å²) in [4.78, 5) is 0. The molecule has 1 nitrogen and oxygen atoms in total. The molecule has 0 bridgehead atoms. The quantitative estimate of drug-likeness (QED) is 0.639. The van der Waals surface area contributed by atoms with Crippen LogP contribution in [0.3, 0.4) is 0 Å². The average Bonchev–Trinajstić information content (AvgIpc) is 2.13. The first-order chi connectivity index (χ1) is 6.91. The largest absolute Gasteiger partial charge is 0.323 e. The number of nitrogens with two attached hydrogens (primary N) is 1. The molecular weight excluding hydrogens is 234 g/mol. The normalized spacial score (nSPS) is 13.3. The molecule has 0 amide bonds. The summed E-state index contributed by atoms with van der Waals surface area (Å²) in [5.74, 6) is -1.69. The number of halogens is 5. The molecule has 0 saturated heterocycles. The summed E-state index contributed by atoms with van der Waals surface area (Å²) in [5, 5.41) is -0.387. The van der Waals surface area contributed by atoms with Crippen LogP contribution in [-0.4, -0.2) is 12.5 Å². The molecule has 0 aromatic heterocycles. The van der Waals surface area contributed by atoms with E-state index in [1.165, 1.54) is 0 Å². The van der Waals surface area contributed by atoms with E-state index in [-0.39, 0.29) is 10.6 Å². The molecule has 1 atom stereocenters. The van der Waals surface area contributed by atoms with Crippen molar-refractivity contribution in [2.45, 2.75) is 18.9 Å². The smallest absolute Gasteiger partial charge is 0.253 e. The Hall–Kier alpha value is -0.810. The van der Waals surface area contributed by atoms with Crippen LogP contribution >= 0.6 is 11.6 Å². The predicted octanol–water partition coefficient (Wildman–Crippen LogP) is 2.75. The van der Waals surface area contributed by atoms with Crippen LogP contribution in [0.25, 0.3) is 0 Å². The van der Waals surface area contributed by atoms with Gasteiger partial charge in [0.1, 0.15) is 11.6 Å². The molecule has 0 radical (unpaired) electrons. The number of hydrogen-bond acceptors (Lipinski definition) is 1. The van der Waals surface area contributed by atoms with Crippen LogP contribution < -0.4 is 5.73 Å². The zero-order valence-corrected chi connectivity index (χ0v) is 8.24. The van der Waals surface area contributed by atoms with Crippen molar-refractivity contribution in [3.05, 3.63) is 34.4 Å². The van der Waals surface area contributed by atoms with E-state index >= 15 is 0 Å². The Morgan fingerprint density at radius 3 is 2.33 bits per heavy atom. The number of alkyl halides is 2. The summed E-state index contributed by atoms with van der Waals surface area (Å²) in [5.41, 5.74) is 4.83. The van der Waals surface area contributed by atoms with Crippen LogP contribution in [0, 0.1) is 11.6 Å². The lowest BCUT2D eigenvalue weighted by Gasteiger charge is -2.11. The second-order valence-electron chi connectivity index (χ2n) is 3.06. The van der Waals surface area contributed by atoms with Gasteiger partial charge in [0.15, 0.2) is 0 Å². The van der Waals surface area contributed by atoms with Crippen LogP contribution in [0.1, 0.15) is 5.56 Å². The van der Waals surface area contributed by atoms with Gasteiger partial charge in [-0.1, -0.05) is 11.6 Å². The lowest BCUT2D eigenvalue weighted by atomic mass is 10.1. The number of rotatable bonds is 3. The molecule has 1 rings (SSSR count). The molecule has 1 unspecified atom stereocenters. The van der Waals surface area contributed by atoms with Gasteiger partial charge in [-0.15, -0.1) is 0 Å². The molecule has 6 heteroatoms. The van der Waals surface area contributed by atoms with Crippen molar-refractivity contribution in [1.82, 2.24) is 0 Å². The molecule has 15 heavy (non-hydrogen) atoms. The van der Waals surface area contributed by atoms with Crippen molar-refractivity contribution >= 4 is 11.6 Å². The molecule has 0 spiro atoms. The highest BCUT2D eigenvalue weighted by molar-refractivity contribution is 6.30. The first-order valence-electron chi connectivity index (χ1n) is 4.09. The van der Waals surface area contributed by atoms with E-state index in [1.54, 1.807) is 0 Å². The monoisotopic (exact) mass is 241 g/mol. The Morgan fingerprint density at radius 1 is 1.20 bits per heavy atom. The van der Waals surface area contributed by atoms with Gasteiger partial charge >= 0.3 is 0 Å². The van der Waals surface area contributed by atoms with Crippen LogP contribution in [0.2, 0.25) is 5.02 Å². The maximum absolute atomic E-state index is 13.1. The highest BCUT2D eigenvalue weighted by Crippen LogP contribution is 2.20. The van der Waals surface area contributed by atoms with Crippen molar-refractivity contribution in [3.8, 4) is 0 Å². The third kappa shape index (κ3) is 3.07. The fourth-order valence-electron chi connectivity index (χ4n) is 1.06. The highest BCUT2D eigenvalue weighted by atomic mass is 35.5. The molecule has 0 aliphatic rings. The molecule has 0 heterocycles. The maximum Gasteiger partial charge on any atom is 0.253 e. The van der Waals surface area contributed by atoms with Crippen LogP contribution in [-0.2, 0) is 6.42 Å². The van der Waals surface area contributed by atoms with E-state index in [2.05, 4.69) is 0 Å².